The summed E-state index contributed by atoms with van der Waals surface area (Å²) >= 11 is 0. The number of nitrogens with one attached hydrogen (secondary N) is 1. The molecule has 0 bridgehead atoms. The van der Waals surface area contributed by atoms with Gasteiger partial charge in [0, 0.05) is 31.2 Å². The zero-order chi connectivity index (χ0) is 14.5. The lowest BCUT2D eigenvalue weighted by atomic mass is 9.90. The van der Waals surface area contributed by atoms with Crippen molar-refractivity contribution < 1.29 is 0 Å². The van der Waals surface area contributed by atoms with Crippen LogP contribution in [0.15, 0.2) is 30.3 Å². The number of hydrogen-bond donors (Lipinski definition) is 1. The summed E-state index contributed by atoms with van der Waals surface area (Å²) in [6.07, 6.45) is 9.60. The summed E-state index contributed by atoms with van der Waals surface area (Å²) in [5, 5.41) is 3.77. The molecule has 1 N–H and O–H groups in total. The Hall–Kier alpha value is -0.860. The Bertz CT molecular complexity index is 411. The van der Waals surface area contributed by atoms with Crippen molar-refractivity contribution >= 4 is 0 Å². The van der Waals surface area contributed by atoms with E-state index >= 15 is 0 Å². The van der Waals surface area contributed by atoms with Gasteiger partial charge in [0.25, 0.3) is 0 Å². The fourth-order valence-corrected chi connectivity index (χ4v) is 4.10. The van der Waals surface area contributed by atoms with Gasteiger partial charge in [0.2, 0.25) is 0 Å². The molecule has 2 unspecified atom stereocenters. The van der Waals surface area contributed by atoms with E-state index in [1.165, 1.54) is 57.1 Å². The fourth-order valence-electron chi connectivity index (χ4n) is 4.10. The van der Waals surface area contributed by atoms with Crippen LogP contribution in [0.3, 0.4) is 0 Å². The predicted molar refractivity (Wildman–Crippen MR) is 89.6 cm³/mol. The van der Waals surface area contributed by atoms with Crippen LogP contribution in [0, 0.1) is 0 Å². The second kappa shape index (κ2) is 7.42. The highest BCUT2D eigenvalue weighted by Crippen LogP contribution is 2.27. The van der Waals surface area contributed by atoms with Crippen LogP contribution in [0.2, 0.25) is 0 Å². The number of nitrogens with zero attached hydrogens (tertiary/aromatic N) is 1. The molecular weight excluding hydrogens is 256 g/mol. The molecule has 1 aliphatic carbocycles. The third kappa shape index (κ3) is 3.87. The van der Waals surface area contributed by atoms with Crippen molar-refractivity contribution in [2.75, 3.05) is 13.1 Å². The minimum atomic E-state index is 0.679. The molecular formula is C19H30N2. The molecule has 1 heterocycles. The van der Waals surface area contributed by atoms with Crippen LogP contribution in [0.5, 0.6) is 0 Å². The molecule has 1 saturated carbocycles. The van der Waals surface area contributed by atoms with E-state index in [0.717, 1.165) is 12.6 Å². The van der Waals surface area contributed by atoms with Gasteiger partial charge in [0.1, 0.15) is 0 Å². The normalized spacial score (nSPS) is 28.6. The Morgan fingerprint density at radius 2 is 1.86 bits per heavy atom. The van der Waals surface area contributed by atoms with Crippen molar-refractivity contribution in [3.05, 3.63) is 35.9 Å². The van der Waals surface area contributed by atoms with Crippen molar-refractivity contribution in [3.63, 3.8) is 0 Å². The van der Waals surface area contributed by atoms with E-state index < -0.39 is 0 Å². The highest BCUT2D eigenvalue weighted by atomic mass is 15.3. The van der Waals surface area contributed by atoms with E-state index in [4.69, 9.17) is 0 Å². The summed E-state index contributed by atoms with van der Waals surface area (Å²) in [5.41, 5.74) is 1.49. The predicted octanol–water partition coefficient (Wildman–Crippen LogP) is 3.61. The van der Waals surface area contributed by atoms with Gasteiger partial charge in [-0.2, -0.15) is 0 Å². The SMILES string of the molecule is CCC1CN(C2CCCCC2)C(Cc2ccccc2)CN1. The average Bonchev–Trinajstić information content (AvgIpc) is 2.57. The van der Waals surface area contributed by atoms with Crippen LogP contribution in [0.1, 0.15) is 51.0 Å². The molecule has 0 aromatic heterocycles. The smallest absolute Gasteiger partial charge is 0.0264 e. The van der Waals surface area contributed by atoms with Crippen LogP contribution in [0.4, 0.5) is 0 Å². The lowest BCUT2D eigenvalue weighted by molar-refractivity contribution is 0.0607. The van der Waals surface area contributed by atoms with Gasteiger partial charge in [-0.1, -0.05) is 56.5 Å². The van der Waals surface area contributed by atoms with E-state index in [-0.39, 0.29) is 0 Å². The summed E-state index contributed by atoms with van der Waals surface area (Å²) in [6, 6.07) is 13.2. The van der Waals surface area contributed by atoms with Crippen molar-refractivity contribution in [3.8, 4) is 0 Å². The molecule has 116 valence electrons. The monoisotopic (exact) mass is 286 g/mol. The molecule has 2 fully saturated rings. The van der Waals surface area contributed by atoms with Crippen LogP contribution >= 0.6 is 0 Å². The first-order valence-corrected chi connectivity index (χ1v) is 8.90. The summed E-state index contributed by atoms with van der Waals surface area (Å²) < 4.78 is 0. The Labute approximate surface area is 129 Å². The first-order chi connectivity index (χ1) is 10.4. The van der Waals surface area contributed by atoms with Crippen molar-refractivity contribution in [2.45, 2.75) is 70.0 Å². The molecule has 21 heavy (non-hydrogen) atoms. The maximum absolute atomic E-state index is 3.77. The van der Waals surface area contributed by atoms with Crippen LogP contribution < -0.4 is 5.32 Å². The van der Waals surface area contributed by atoms with Crippen LogP contribution in [-0.4, -0.2) is 36.1 Å². The van der Waals surface area contributed by atoms with E-state index in [1.54, 1.807) is 0 Å². The molecule has 1 aromatic rings. The first-order valence-electron chi connectivity index (χ1n) is 8.90. The summed E-state index contributed by atoms with van der Waals surface area (Å²) in [7, 11) is 0. The molecule has 1 saturated heterocycles. The molecule has 2 heteroatoms. The lowest BCUT2D eigenvalue weighted by Crippen LogP contribution is -2.60. The molecule has 2 nitrogen and oxygen atoms in total. The highest BCUT2D eigenvalue weighted by molar-refractivity contribution is 5.16. The van der Waals surface area contributed by atoms with Crippen molar-refractivity contribution in [1.29, 1.82) is 0 Å². The largest absolute Gasteiger partial charge is 0.311 e. The lowest BCUT2D eigenvalue weighted by Gasteiger charge is -2.46. The quantitative estimate of drug-likeness (QED) is 0.909. The number of hydrogen-bond acceptors (Lipinski definition) is 2. The highest BCUT2D eigenvalue weighted by Gasteiger charge is 2.32. The number of rotatable bonds is 4. The van der Waals surface area contributed by atoms with E-state index in [1.807, 2.05) is 0 Å². The molecule has 3 rings (SSSR count). The Morgan fingerprint density at radius 3 is 2.57 bits per heavy atom. The Kier molecular flexibility index (Phi) is 5.32. The van der Waals surface area contributed by atoms with E-state index in [2.05, 4.69) is 47.5 Å². The second-order valence-corrected chi connectivity index (χ2v) is 6.85. The summed E-state index contributed by atoms with van der Waals surface area (Å²) in [6.45, 7) is 4.72. The van der Waals surface area contributed by atoms with Gasteiger partial charge in [0.15, 0.2) is 0 Å². The molecule has 2 aliphatic rings. The maximum atomic E-state index is 3.77. The van der Waals surface area contributed by atoms with E-state index in [0.29, 0.717) is 12.1 Å². The van der Waals surface area contributed by atoms with Crippen molar-refractivity contribution in [2.24, 2.45) is 0 Å². The molecule has 1 aliphatic heterocycles. The van der Waals surface area contributed by atoms with Crippen LogP contribution in [0.25, 0.3) is 0 Å². The molecule has 1 aromatic carbocycles. The first kappa shape index (κ1) is 15.1. The Balaban J connectivity index is 1.69. The second-order valence-electron chi connectivity index (χ2n) is 6.85. The minimum absolute atomic E-state index is 0.679. The fraction of sp³-hybridized carbons (Fsp3) is 0.684. The summed E-state index contributed by atoms with van der Waals surface area (Å²) in [5.74, 6) is 0. The van der Waals surface area contributed by atoms with E-state index in [9.17, 15) is 0 Å². The average molecular weight is 286 g/mol. The van der Waals surface area contributed by atoms with Gasteiger partial charge in [0.05, 0.1) is 0 Å². The molecule has 0 amide bonds. The topological polar surface area (TPSA) is 15.3 Å². The number of piperazine rings is 1. The van der Waals surface area contributed by atoms with Crippen LogP contribution in [-0.2, 0) is 6.42 Å². The zero-order valence-corrected chi connectivity index (χ0v) is 13.4. The molecule has 0 spiro atoms. The summed E-state index contributed by atoms with van der Waals surface area (Å²) in [4.78, 5) is 2.86. The molecule has 2 atom stereocenters. The minimum Gasteiger partial charge on any atom is -0.311 e. The van der Waals surface area contributed by atoms with Gasteiger partial charge in [-0.15, -0.1) is 0 Å². The third-order valence-corrected chi connectivity index (χ3v) is 5.39. The van der Waals surface area contributed by atoms with Crippen molar-refractivity contribution in [1.82, 2.24) is 10.2 Å². The van der Waals surface area contributed by atoms with Gasteiger partial charge >= 0.3 is 0 Å². The maximum Gasteiger partial charge on any atom is 0.0264 e. The zero-order valence-electron chi connectivity index (χ0n) is 13.4. The van der Waals surface area contributed by atoms with Gasteiger partial charge in [-0.3, -0.25) is 4.90 Å². The molecule has 0 radical (unpaired) electrons. The van der Waals surface area contributed by atoms with Gasteiger partial charge < -0.3 is 5.32 Å². The van der Waals surface area contributed by atoms with Gasteiger partial charge in [-0.05, 0) is 31.2 Å². The Morgan fingerprint density at radius 1 is 1.10 bits per heavy atom. The number of benzene rings is 1. The standard InChI is InChI=1S/C19H30N2/c1-2-17-15-21(18-11-7-4-8-12-18)19(14-20-17)13-16-9-5-3-6-10-16/h3,5-6,9-10,17-20H,2,4,7-8,11-15H2,1H3. The third-order valence-electron chi connectivity index (χ3n) is 5.39. The van der Waals surface area contributed by atoms with Gasteiger partial charge in [-0.25, -0.2) is 0 Å².